The summed E-state index contributed by atoms with van der Waals surface area (Å²) in [6, 6.07) is 0. The number of amides is 1. The maximum atomic E-state index is 11.9. The fourth-order valence-corrected chi connectivity index (χ4v) is 2.83. The van der Waals surface area contributed by atoms with E-state index >= 15 is 0 Å². The van der Waals surface area contributed by atoms with Crippen LogP contribution in [0.5, 0.6) is 0 Å². The molecule has 0 bridgehead atoms. The zero-order chi connectivity index (χ0) is 10.8. The maximum absolute atomic E-state index is 11.9. The van der Waals surface area contributed by atoms with Gasteiger partial charge in [-0.05, 0) is 18.6 Å². The van der Waals surface area contributed by atoms with E-state index in [2.05, 4.69) is 0 Å². The van der Waals surface area contributed by atoms with Crippen molar-refractivity contribution in [2.45, 2.75) is 12.8 Å². The van der Waals surface area contributed by atoms with Crippen molar-refractivity contribution >= 4 is 23.6 Å². The number of carbonyl (C=O) groups excluding carboxylic acids is 1. The molecule has 1 saturated carbocycles. The molecule has 2 fully saturated rings. The van der Waals surface area contributed by atoms with Crippen LogP contribution in [0.3, 0.4) is 0 Å². The molecule has 1 aliphatic heterocycles. The van der Waals surface area contributed by atoms with Crippen LogP contribution in [0.2, 0.25) is 0 Å². The van der Waals surface area contributed by atoms with Crippen molar-refractivity contribution in [1.29, 1.82) is 0 Å². The van der Waals surface area contributed by atoms with Crippen molar-refractivity contribution in [1.82, 2.24) is 4.90 Å². The van der Waals surface area contributed by atoms with E-state index in [0.717, 1.165) is 31.0 Å². The van der Waals surface area contributed by atoms with Gasteiger partial charge in [0, 0.05) is 18.8 Å². The van der Waals surface area contributed by atoms with Gasteiger partial charge in [-0.15, -0.1) is 0 Å². The molecule has 1 saturated heterocycles. The van der Waals surface area contributed by atoms with Crippen LogP contribution in [0.4, 0.5) is 0 Å². The lowest BCUT2D eigenvalue weighted by atomic mass is 10.2. The third-order valence-electron chi connectivity index (χ3n) is 2.96. The van der Waals surface area contributed by atoms with Crippen LogP contribution >= 0.6 is 11.8 Å². The Hall–Kier alpha value is -0.710. The molecule has 0 aromatic rings. The molecule has 1 N–H and O–H groups in total. The zero-order valence-electron chi connectivity index (χ0n) is 8.52. The molecular formula is C10H15NO3S. The highest BCUT2D eigenvalue weighted by Crippen LogP contribution is 2.40. The van der Waals surface area contributed by atoms with Gasteiger partial charge >= 0.3 is 5.97 Å². The molecule has 2 aliphatic rings. The summed E-state index contributed by atoms with van der Waals surface area (Å²) in [7, 11) is 0. The third-order valence-corrected chi connectivity index (χ3v) is 4.01. The topological polar surface area (TPSA) is 57.6 Å². The maximum Gasteiger partial charge on any atom is 0.307 e. The first-order chi connectivity index (χ1) is 7.20. The lowest BCUT2D eigenvalue weighted by Crippen LogP contribution is -2.34. The Morgan fingerprint density at radius 3 is 2.67 bits per heavy atom. The summed E-state index contributed by atoms with van der Waals surface area (Å²) in [6.07, 6.45) is 1.57. The molecule has 0 radical (unpaired) electrons. The Bertz CT molecular complexity index is 274. The number of nitrogens with zero attached hydrogens (tertiary/aromatic N) is 1. The first-order valence-corrected chi connectivity index (χ1v) is 6.45. The summed E-state index contributed by atoms with van der Waals surface area (Å²) >= 11 is 1.87. The second-order valence-corrected chi connectivity index (χ2v) is 5.30. The average molecular weight is 229 g/mol. The van der Waals surface area contributed by atoms with Crippen molar-refractivity contribution < 1.29 is 14.7 Å². The molecule has 4 nitrogen and oxygen atoms in total. The van der Waals surface area contributed by atoms with E-state index in [9.17, 15) is 9.59 Å². The monoisotopic (exact) mass is 229 g/mol. The average Bonchev–Trinajstić information content (AvgIpc) is 3.02. The van der Waals surface area contributed by atoms with Gasteiger partial charge in [0.1, 0.15) is 0 Å². The van der Waals surface area contributed by atoms with Gasteiger partial charge in [-0.25, -0.2) is 0 Å². The summed E-state index contributed by atoms with van der Waals surface area (Å²) in [5.41, 5.74) is 0. The third kappa shape index (κ3) is 2.45. The zero-order valence-corrected chi connectivity index (χ0v) is 9.33. The molecular weight excluding hydrogens is 214 g/mol. The van der Waals surface area contributed by atoms with Gasteiger partial charge in [0.05, 0.1) is 11.8 Å². The van der Waals surface area contributed by atoms with Gasteiger partial charge < -0.3 is 10.0 Å². The first kappa shape index (κ1) is 10.8. The molecule has 5 heteroatoms. The van der Waals surface area contributed by atoms with Crippen LogP contribution in [-0.2, 0) is 9.59 Å². The van der Waals surface area contributed by atoms with Gasteiger partial charge in [-0.3, -0.25) is 9.59 Å². The molecule has 0 unspecified atom stereocenters. The van der Waals surface area contributed by atoms with Gasteiger partial charge in [-0.1, -0.05) is 0 Å². The molecule has 84 valence electrons. The van der Waals surface area contributed by atoms with E-state index in [-0.39, 0.29) is 11.8 Å². The molecule has 0 spiro atoms. The number of thioether (sulfide) groups is 1. The van der Waals surface area contributed by atoms with E-state index < -0.39 is 11.9 Å². The van der Waals surface area contributed by atoms with Crippen molar-refractivity contribution in [2.24, 2.45) is 11.8 Å². The molecule has 2 rings (SSSR count). The number of rotatable bonds is 2. The van der Waals surface area contributed by atoms with Crippen molar-refractivity contribution in [2.75, 3.05) is 24.6 Å². The predicted octanol–water partition coefficient (Wildman–Crippen LogP) is 0.673. The molecule has 1 heterocycles. The normalized spacial score (nSPS) is 30.8. The van der Waals surface area contributed by atoms with Crippen LogP contribution in [0, 0.1) is 11.8 Å². The van der Waals surface area contributed by atoms with Crippen molar-refractivity contribution in [3.05, 3.63) is 0 Å². The number of carboxylic acid groups (broad SMARTS) is 1. The van der Waals surface area contributed by atoms with Crippen molar-refractivity contribution in [3.8, 4) is 0 Å². The van der Waals surface area contributed by atoms with E-state index in [1.807, 2.05) is 16.7 Å². The number of hydrogen-bond donors (Lipinski definition) is 1. The minimum atomic E-state index is -0.822. The summed E-state index contributed by atoms with van der Waals surface area (Å²) in [6.45, 7) is 1.58. The minimum absolute atomic E-state index is 0.0601. The largest absolute Gasteiger partial charge is 0.481 e. The summed E-state index contributed by atoms with van der Waals surface area (Å²) in [5.74, 6) is 0.689. The van der Waals surface area contributed by atoms with E-state index in [1.54, 1.807) is 0 Å². The lowest BCUT2D eigenvalue weighted by molar-refractivity contribution is -0.141. The lowest BCUT2D eigenvalue weighted by Gasteiger charge is -2.19. The predicted molar refractivity (Wildman–Crippen MR) is 57.8 cm³/mol. The van der Waals surface area contributed by atoms with E-state index in [4.69, 9.17) is 5.11 Å². The second kappa shape index (κ2) is 4.43. The second-order valence-electron chi connectivity index (χ2n) is 4.08. The molecule has 1 amide bonds. The number of hydrogen-bond acceptors (Lipinski definition) is 3. The van der Waals surface area contributed by atoms with Crippen LogP contribution in [0.25, 0.3) is 0 Å². The Morgan fingerprint density at radius 1 is 1.20 bits per heavy atom. The Labute approximate surface area is 93.0 Å². The highest BCUT2D eigenvalue weighted by molar-refractivity contribution is 7.99. The standard InChI is InChI=1S/C10H15NO3S/c12-9(7-6-8(7)10(13)14)11-2-1-4-15-5-3-11/h7-8H,1-6H2,(H,13,14)/t7-,8+/m1/s1. The summed E-state index contributed by atoms with van der Waals surface area (Å²) in [5, 5.41) is 8.75. The van der Waals surface area contributed by atoms with Crippen LogP contribution in [0.15, 0.2) is 0 Å². The summed E-state index contributed by atoms with van der Waals surface area (Å²) in [4.78, 5) is 24.4. The smallest absolute Gasteiger partial charge is 0.307 e. The van der Waals surface area contributed by atoms with Gasteiger partial charge in [0.25, 0.3) is 0 Å². The molecule has 1 aliphatic carbocycles. The molecule has 0 aromatic carbocycles. The van der Waals surface area contributed by atoms with Gasteiger partial charge in [0.2, 0.25) is 5.91 Å². The number of carbonyl (C=O) groups is 2. The van der Waals surface area contributed by atoms with Crippen LogP contribution in [0.1, 0.15) is 12.8 Å². The first-order valence-electron chi connectivity index (χ1n) is 5.29. The highest BCUT2D eigenvalue weighted by Gasteiger charge is 2.49. The highest BCUT2D eigenvalue weighted by atomic mass is 32.2. The fourth-order valence-electron chi connectivity index (χ4n) is 1.94. The minimum Gasteiger partial charge on any atom is -0.481 e. The SMILES string of the molecule is O=C(O)[C@H]1C[C@H]1C(=O)N1CCCSCC1. The Morgan fingerprint density at radius 2 is 2.00 bits per heavy atom. The molecule has 2 atom stereocenters. The van der Waals surface area contributed by atoms with E-state index in [1.165, 1.54) is 0 Å². The number of aliphatic carboxylic acids is 1. The van der Waals surface area contributed by atoms with Crippen LogP contribution < -0.4 is 0 Å². The van der Waals surface area contributed by atoms with Crippen LogP contribution in [-0.4, -0.2) is 46.5 Å². The van der Waals surface area contributed by atoms with E-state index in [0.29, 0.717) is 6.42 Å². The Balaban J connectivity index is 1.88. The van der Waals surface area contributed by atoms with Gasteiger partial charge in [-0.2, -0.15) is 11.8 Å². The van der Waals surface area contributed by atoms with Crippen molar-refractivity contribution in [3.63, 3.8) is 0 Å². The van der Waals surface area contributed by atoms with Gasteiger partial charge in [0.15, 0.2) is 0 Å². The molecule has 15 heavy (non-hydrogen) atoms. The fraction of sp³-hybridized carbons (Fsp3) is 0.800. The Kier molecular flexibility index (Phi) is 3.19. The summed E-state index contributed by atoms with van der Waals surface area (Å²) < 4.78 is 0. The molecule has 0 aromatic heterocycles. The quantitative estimate of drug-likeness (QED) is 0.756. The number of carboxylic acids is 1.